The van der Waals surface area contributed by atoms with E-state index in [4.69, 9.17) is 0 Å². The lowest BCUT2D eigenvalue weighted by molar-refractivity contribution is -0.0413. The maximum atomic E-state index is 10.6. The Morgan fingerprint density at radius 3 is 2.38 bits per heavy atom. The SMILES string of the molecule is C/C=C(/CCC(C)C1CCC2(C)C3=C(CCC12C)C1(C)CCC(O)C(C)C1CC3)C(C)C. The van der Waals surface area contributed by atoms with Crippen molar-refractivity contribution in [2.75, 3.05) is 0 Å². The Kier molecular flexibility index (Phi) is 6.59. The zero-order valence-corrected chi connectivity index (χ0v) is 22.6. The van der Waals surface area contributed by atoms with E-state index in [0.717, 1.165) is 18.3 Å². The minimum atomic E-state index is -0.0794. The summed E-state index contributed by atoms with van der Waals surface area (Å²) in [5, 5.41) is 10.6. The van der Waals surface area contributed by atoms with Crippen molar-refractivity contribution in [3.8, 4) is 0 Å². The predicted octanol–water partition coefficient (Wildman–Crippen LogP) is 8.73. The van der Waals surface area contributed by atoms with Crippen molar-refractivity contribution < 1.29 is 5.11 Å². The molecule has 0 saturated heterocycles. The summed E-state index contributed by atoms with van der Waals surface area (Å²) < 4.78 is 0. The Labute approximate surface area is 199 Å². The van der Waals surface area contributed by atoms with Gasteiger partial charge in [-0.25, -0.2) is 0 Å². The largest absolute Gasteiger partial charge is 0.393 e. The molecule has 1 heteroatoms. The normalized spacial score (nSPS) is 45.5. The molecule has 2 fully saturated rings. The summed E-state index contributed by atoms with van der Waals surface area (Å²) in [5.74, 6) is 3.51. The summed E-state index contributed by atoms with van der Waals surface area (Å²) in [6.45, 7) is 19.8. The lowest BCUT2D eigenvalue weighted by Crippen LogP contribution is -2.51. The Hall–Kier alpha value is -0.560. The van der Waals surface area contributed by atoms with Gasteiger partial charge in [-0.3, -0.25) is 0 Å². The third-order valence-corrected chi connectivity index (χ3v) is 12.1. The monoisotopic (exact) mass is 440 g/mol. The van der Waals surface area contributed by atoms with Crippen LogP contribution in [0.2, 0.25) is 0 Å². The van der Waals surface area contributed by atoms with Crippen LogP contribution in [0.25, 0.3) is 0 Å². The van der Waals surface area contributed by atoms with Gasteiger partial charge >= 0.3 is 0 Å². The zero-order chi connectivity index (χ0) is 23.5. The fourth-order valence-electron chi connectivity index (χ4n) is 9.61. The molecule has 0 aromatic heterocycles. The van der Waals surface area contributed by atoms with Gasteiger partial charge in [0.2, 0.25) is 0 Å². The molecule has 1 N–H and O–H groups in total. The number of fused-ring (bicyclic) bond motifs is 4. The molecule has 0 heterocycles. The van der Waals surface area contributed by atoms with E-state index in [2.05, 4.69) is 61.5 Å². The molecule has 4 aliphatic carbocycles. The van der Waals surface area contributed by atoms with Crippen LogP contribution in [0.3, 0.4) is 0 Å². The quantitative estimate of drug-likeness (QED) is 0.424. The maximum absolute atomic E-state index is 10.6. The van der Waals surface area contributed by atoms with Gasteiger partial charge in [0.05, 0.1) is 6.10 Å². The first-order valence-corrected chi connectivity index (χ1v) is 14.1. The number of rotatable bonds is 5. The van der Waals surface area contributed by atoms with Crippen molar-refractivity contribution in [3.05, 3.63) is 22.8 Å². The van der Waals surface area contributed by atoms with E-state index in [9.17, 15) is 5.11 Å². The average Bonchev–Trinajstić information content (AvgIpc) is 3.02. The van der Waals surface area contributed by atoms with Gasteiger partial charge in [0.1, 0.15) is 0 Å². The van der Waals surface area contributed by atoms with Crippen molar-refractivity contribution in [2.45, 2.75) is 126 Å². The highest BCUT2D eigenvalue weighted by Crippen LogP contribution is 2.71. The molecule has 0 spiro atoms. The van der Waals surface area contributed by atoms with E-state index in [1.54, 1.807) is 5.57 Å². The third-order valence-electron chi connectivity index (χ3n) is 12.1. The van der Waals surface area contributed by atoms with Gasteiger partial charge in [-0.2, -0.15) is 0 Å². The van der Waals surface area contributed by atoms with Crippen LogP contribution in [0.5, 0.6) is 0 Å². The van der Waals surface area contributed by atoms with E-state index in [0.29, 0.717) is 34.0 Å². The minimum Gasteiger partial charge on any atom is -0.393 e. The Balaban J connectivity index is 1.59. The summed E-state index contributed by atoms with van der Waals surface area (Å²) in [6.07, 6.45) is 15.3. The molecule has 32 heavy (non-hydrogen) atoms. The van der Waals surface area contributed by atoms with Gasteiger partial charge in [-0.1, -0.05) is 71.3 Å². The van der Waals surface area contributed by atoms with Crippen LogP contribution >= 0.6 is 0 Å². The zero-order valence-electron chi connectivity index (χ0n) is 22.6. The molecule has 0 bridgehead atoms. The van der Waals surface area contributed by atoms with Crippen molar-refractivity contribution >= 4 is 0 Å². The molecular weight excluding hydrogens is 388 g/mol. The van der Waals surface area contributed by atoms with Crippen molar-refractivity contribution in [1.82, 2.24) is 0 Å². The molecule has 182 valence electrons. The van der Waals surface area contributed by atoms with Gasteiger partial charge in [0, 0.05) is 0 Å². The summed E-state index contributed by atoms with van der Waals surface area (Å²) in [7, 11) is 0. The number of hydrogen-bond donors (Lipinski definition) is 1. The Morgan fingerprint density at radius 2 is 1.72 bits per heavy atom. The van der Waals surface area contributed by atoms with Crippen LogP contribution in [-0.2, 0) is 0 Å². The van der Waals surface area contributed by atoms with E-state index in [1.807, 2.05) is 11.1 Å². The van der Waals surface area contributed by atoms with Crippen molar-refractivity contribution in [1.29, 1.82) is 0 Å². The number of hydrogen-bond acceptors (Lipinski definition) is 1. The van der Waals surface area contributed by atoms with E-state index >= 15 is 0 Å². The van der Waals surface area contributed by atoms with Gasteiger partial charge < -0.3 is 5.11 Å². The first-order valence-electron chi connectivity index (χ1n) is 14.1. The highest BCUT2D eigenvalue weighted by molar-refractivity contribution is 5.38. The fourth-order valence-corrected chi connectivity index (χ4v) is 9.61. The second kappa shape index (κ2) is 8.58. The fraction of sp³-hybridized carbons (Fsp3) is 0.871. The molecule has 0 aliphatic heterocycles. The molecule has 8 atom stereocenters. The summed E-state index contributed by atoms with van der Waals surface area (Å²) >= 11 is 0. The molecule has 4 aliphatic rings. The van der Waals surface area contributed by atoms with Gasteiger partial charge in [-0.05, 0) is 117 Å². The van der Waals surface area contributed by atoms with Crippen LogP contribution in [-0.4, -0.2) is 11.2 Å². The minimum absolute atomic E-state index is 0.0794. The molecule has 1 nitrogen and oxygen atoms in total. The van der Waals surface area contributed by atoms with Crippen LogP contribution in [0.1, 0.15) is 120 Å². The third kappa shape index (κ3) is 3.50. The lowest BCUT2D eigenvalue weighted by Gasteiger charge is -2.60. The standard InChI is InChI=1S/C31H52O/c1-9-23(20(2)3)11-10-21(4)24-14-18-31(8)27-13-12-25-22(5)28(32)16-17-29(25,6)26(27)15-19-30(24,31)7/h9,20-22,24-25,28,32H,10-19H2,1-8H3/b23-9-. The molecular formula is C31H52O. The van der Waals surface area contributed by atoms with Crippen molar-refractivity contribution in [2.24, 2.45) is 45.8 Å². The van der Waals surface area contributed by atoms with E-state index in [-0.39, 0.29) is 6.10 Å². The lowest BCUT2D eigenvalue weighted by atomic mass is 9.45. The Morgan fingerprint density at radius 1 is 1.00 bits per heavy atom. The molecule has 0 radical (unpaired) electrons. The van der Waals surface area contributed by atoms with Crippen LogP contribution in [0.4, 0.5) is 0 Å². The topological polar surface area (TPSA) is 20.2 Å². The first-order chi connectivity index (χ1) is 15.0. The van der Waals surface area contributed by atoms with Crippen LogP contribution in [0, 0.1) is 45.8 Å². The molecule has 4 rings (SSSR count). The second-order valence-corrected chi connectivity index (χ2v) is 13.4. The molecule has 0 aromatic rings. The maximum Gasteiger partial charge on any atom is 0.0569 e. The first kappa shape index (κ1) is 24.6. The average molecular weight is 441 g/mol. The van der Waals surface area contributed by atoms with Crippen molar-refractivity contribution in [3.63, 3.8) is 0 Å². The highest BCUT2D eigenvalue weighted by atomic mass is 16.3. The highest BCUT2D eigenvalue weighted by Gasteiger charge is 2.62. The summed E-state index contributed by atoms with van der Waals surface area (Å²) in [5.41, 5.74) is 6.60. The molecule has 0 amide bonds. The van der Waals surface area contributed by atoms with Crippen LogP contribution in [0.15, 0.2) is 22.8 Å². The molecule has 2 saturated carbocycles. The number of aliphatic hydroxyl groups is 1. The summed E-state index contributed by atoms with van der Waals surface area (Å²) in [6, 6.07) is 0. The smallest absolute Gasteiger partial charge is 0.0569 e. The van der Waals surface area contributed by atoms with Gasteiger partial charge in [0.25, 0.3) is 0 Å². The van der Waals surface area contributed by atoms with Crippen LogP contribution < -0.4 is 0 Å². The van der Waals surface area contributed by atoms with E-state index < -0.39 is 0 Å². The number of aliphatic hydroxyl groups excluding tert-OH is 1. The predicted molar refractivity (Wildman–Crippen MR) is 137 cm³/mol. The molecule has 0 aromatic carbocycles. The summed E-state index contributed by atoms with van der Waals surface area (Å²) in [4.78, 5) is 0. The second-order valence-electron chi connectivity index (χ2n) is 13.4. The van der Waals surface area contributed by atoms with Gasteiger partial charge in [0.15, 0.2) is 0 Å². The van der Waals surface area contributed by atoms with E-state index in [1.165, 1.54) is 57.8 Å². The van der Waals surface area contributed by atoms with Gasteiger partial charge in [-0.15, -0.1) is 0 Å². The molecule has 8 unspecified atom stereocenters. The number of allylic oxidation sites excluding steroid dienone is 4. The Bertz CT molecular complexity index is 773.